The second kappa shape index (κ2) is 9.15. The maximum absolute atomic E-state index is 5.67. The molecule has 23 heavy (non-hydrogen) atoms. The second-order valence-electron chi connectivity index (χ2n) is 5.02. The van der Waals surface area contributed by atoms with Gasteiger partial charge in [0.05, 0.1) is 23.8 Å². The Labute approximate surface area is 141 Å². The summed E-state index contributed by atoms with van der Waals surface area (Å²) in [6, 6.07) is 9.81. The van der Waals surface area contributed by atoms with Crippen molar-refractivity contribution in [2.45, 2.75) is 27.3 Å². The lowest BCUT2D eigenvalue weighted by Crippen LogP contribution is -2.39. The molecule has 6 heteroatoms. The van der Waals surface area contributed by atoms with E-state index in [2.05, 4.69) is 27.5 Å². The Morgan fingerprint density at radius 3 is 2.65 bits per heavy atom. The minimum atomic E-state index is 0.590. The van der Waals surface area contributed by atoms with Crippen molar-refractivity contribution >= 4 is 17.3 Å². The van der Waals surface area contributed by atoms with Crippen molar-refractivity contribution < 1.29 is 4.74 Å². The highest BCUT2D eigenvalue weighted by Gasteiger charge is 2.04. The average Bonchev–Trinajstić information content (AvgIpc) is 2.87. The number of aliphatic imine (C=N–C) groups is 1. The second-order valence-corrected chi connectivity index (χ2v) is 6.31. The SMILES string of the molecule is CCNC(=NCc1sc(C)nc1C)NCCOc1ccccc1. The summed E-state index contributed by atoms with van der Waals surface area (Å²) in [6.45, 7) is 8.87. The molecule has 2 rings (SSSR count). The smallest absolute Gasteiger partial charge is 0.191 e. The standard InChI is InChI=1S/C17H24N4OS/c1-4-18-17(20-12-16-13(2)21-14(3)23-16)19-10-11-22-15-8-6-5-7-9-15/h5-9H,4,10-12H2,1-3H3,(H2,18,19,20). The molecule has 2 N–H and O–H groups in total. The number of hydrogen-bond donors (Lipinski definition) is 2. The molecule has 0 amide bonds. The van der Waals surface area contributed by atoms with E-state index in [4.69, 9.17) is 4.74 Å². The highest BCUT2D eigenvalue weighted by molar-refractivity contribution is 7.11. The van der Waals surface area contributed by atoms with Gasteiger partial charge >= 0.3 is 0 Å². The molecule has 0 aliphatic heterocycles. The van der Waals surface area contributed by atoms with Crippen LogP contribution in [0, 0.1) is 13.8 Å². The van der Waals surface area contributed by atoms with Crippen LogP contribution in [0.1, 0.15) is 22.5 Å². The third-order valence-corrected chi connectivity index (χ3v) is 4.19. The maximum atomic E-state index is 5.67. The third-order valence-electron chi connectivity index (χ3n) is 3.13. The van der Waals surface area contributed by atoms with Crippen molar-refractivity contribution in [2.24, 2.45) is 4.99 Å². The first-order valence-corrected chi connectivity index (χ1v) is 8.63. The van der Waals surface area contributed by atoms with E-state index in [0.717, 1.165) is 29.0 Å². The van der Waals surface area contributed by atoms with E-state index in [0.29, 0.717) is 19.7 Å². The molecule has 0 fully saturated rings. The number of ether oxygens (including phenoxy) is 1. The van der Waals surface area contributed by atoms with Crippen molar-refractivity contribution in [3.05, 3.63) is 45.9 Å². The van der Waals surface area contributed by atoms with E-state index in [9.17, 15) is 0 Å². The number of nitrogens with one attached hydrogen (secondary N) is 2. The Bertz CT molecular complexity index is 625. The van der Waals surface area contributed by atoms with Gasteiger partial charge in [0.15, 0.2) is 5.96 Å². The Morgan fingerprint density at radius 2 is 2.00 bits per heavy atom. The van der Waals surface area contributed by atoms with Gasteiger partial charge in [-0.3, -0.25) is 0 Å². The van der Waals surface area contributed by atoms with Gasteiger partial charge in [-0.05, 0) is 32.9 Å². The molecule has 0 spiro atoms. The fraction of sp³-hybridized carbons (Fsp3) is 0.412. The summed E-state index contributed by atoms with van der Waals surface area (Å²) in [6.07, 6.45) is 0. The number of hydrogen-bond acceptors (Lipinski definition) is 4. The lowest BCUT2D eigenvalue weighted by atomic mass is 10.3. The van der Waals surface area contributed by atoms with Gasteiger partial charge in [0.25, 0.3) is 0 Å². The number of nitrogens with zero attached hydrogens (tertiary/aromatic N) is 2. The highest BCUT2D eigenvalue weighted by Crippen LogP contribution is 2.17. The minimum Gasteiger partial charge on any atom is -0.492 e. The summed E-state index contributed by atoms with van der Waals surface area (Å²) in [7, 11) is 0. The fourth-order valence-corrected chi connectivity index (χ4v) is 2.93. The van der Waals surface area contributed by atoms with E-state index in [1.165, 1.54) is 4.88 Å². The molecule has 0 bridgehead atoms. The van der Waals surface area contributed by atoms with Crippen LogP contribution in [0.3, 0.4) is 0 Å². The number of para-hydroxylation sites is 1. The number of benzene rings is 1. The van der Waals surface area contributed by atoms with Crippen molar-refractivity contribution in [2.75, 3.05) is 19.7 Å². The molecular formula is C17H24N4OS. The molecule has 0 unspecified atom stereocenters. The van der Waals surface area contributed by atoms with Crippen LogP contribution in [0.25, 0.3) is 0 Å². The van der Waals surface area contributed by atoms with Crippen LogP contribution in [0.4, 0.5) is 0 Å². The first-order valence-electron chi connectivity index (χ1n) is 7.82. The topological polar surface area (TPSA) is 58.5 Å². The zero-order valence-corrected chi connectivity index (χ0v) is 14.7. The van der Waals surface area contributed by atoms with E-state index in [1.54, 1.807) is 11.3 Å². The predicted octanol–water partition coefficient (Wildman–Crippen LogP) is 2.89. The molecule has 1 aromatic carbocycles. The number of rotatable bonds is 7. The van der Waals surface area contributed by atoms with Crippen molar-refractivity contribution in [1.29, 1.82) is 0 Å². The summed E-state index contributed by atoms with van der Waals surface area (Å²) < 4.78 is 5.67. The monoisotopic (exact) mass is 332 g/mol. The molecule has 124 valence electrons. The average molecular weight is 332 g/mol. The Hall–Kier alpha value is -2.08. The first-order chi connectivity index (χ1) is 11.2. The van der Waals surface area contributed by atoms with Gasteiger partial charge in [0.2, 0.25) is 0 Å². The molecule has 0 saturated carbocycles. The number of guanidine groups is 1. The quantitative estimate of drug-likeness (QED) is 0.465. The van der Waals surface area contributed by atoms with Crippen LogP contribution in [0.5, 0.6) is 5.75 Å². The molecule has 1 aromatic heterocycles. The van der Waals surface area contributed by atoms with Crippen LogP contribution >= 0.6 is 11.3 Å². The van der Waals surface area contributed by atoms with E-state index in [1.807, 2.05) is 44.2 Å². The summed E-state index contributed by atoms with van der Waals surface area (Å²) >= 11 is 1.70. The highest BCUT2D eigenvalue weighted by atomic mass is 32.1. The number of thiazole rings is 1. The molecule has 0 saturated heterocycles. The summed E-state index contributed by atoms with van der Waals surface area (Å²) in [5.74, 6) is 1.68. The molecule has 0 atom stereocenters. The van der Waals surface area contributed by atoms with Crippen LogP contribution < -0.4 is 15.4 Å². The summed E-state index contributed by atoms with van der Waals surface area (Å²) in [5, 5.41) is 7.62. The van der Waals surface area contributed by atoms with Crippen LogP contribution in [0.2, 0.25) is 0 Å². The molecule has 0 aliphatic carbocycles. The zero-order chi connectivity index (χ0) is 16.5. The normalized spacial score (nSPS) is 11.3. The molecule has 0 aliphatic rings. The summed E-state index contributed by atoms with van der Waals surface area (Å²) in [4.78, 5) is 10.3. The van der Waals surface area contributed by atoms with Gasteiger partial charge in [-0.25, -0.2) is 9.98 Å². The summed E-state index contributed by atoms with van der Waals surface area (Å²) in [5.41, 5.74) is 1.07. The molecule has 5 nitrogen and oxygen atoms in total. The van der Waals surface area contributed by atoms with Crippen LogP contribution in [-0.4, -0.2) is 30.6 Å². The Morgan fingerprint density at radius 1 is 1.22 bits per heavy atom. The molecular weight excluding hydrogens is 308 g/mol. The predicted molar refractivity (Wildman–Crippen MR) is 96.3 cm³/mol. The van der Waals surface area contributed by atoms with Gasteiger partial charge in [-0.1, -0.05) is 18.2 Å². The van der Waals surface area contributed by atoms with Gasteiger partial charge in [-0.15, -0.1) is 11.3 Å². The van der Waals surface area contributed by atoms with Gasteiger partial charge in [0, 0.05) is 11.4 Å². The lowest BCUT2D eigenvalue weighted by Gasteiger charge is -2.12. The largest absolute Gasteiger partial charge is 0.492 e. The van der Waals surface area contributed by atoms with Crippen molar-refractivity contribution in [3.8, 4) is 5.75 Å². The zero-order valence-electron chi connectivity index (χ0n) is 13.9. The van der Waals surface area contributed by atoms with Gasteiger partial charge in [0.1, 0.15) is 12.4 Å². The van der Waals surface area contributed by atoms with E-state index >= 15 is 0 Å². The Kier molecular flexibility index (Phi) is 6.87. The number of aromatic nitrogens is 1. The van der Waals surface area contributed by atoms with Gasteiger partial charge in [-0.2, -0.15) is 0 Å². The molecule has 1 heterocycles. The van der Waals surface area contributed by atoms with Crippen LogP contribution in [0.15, 0.2) is 35.3 Å². The van der Waals surface area contributed by atoms with Gasteiger partial charge < -0.3 is 15.4 Å². The fourth-order valence-electron chi connectivity index (χ4n) is 2.07. The van der Waals surface area contributed by atoms with Crippen LogP contribution in [-0.2, 0) is 6.54 Å². The minimum absolute atomic E-state index is 0.590. The number of aryl methyl sites for hydroxylation is 2. The molecule has 0 radical (unpaired) electrons. The third kappa shape index (κ3) is 5.90. The Balaban J connectivity index is 1.81. The maximum Gasteiger partial charge on any atom is 0.191 e. The van der Waals surface area contributed by atoms with Crippen molar-refractivity contribution in [3.63, 3.8) is 0 Å². The molecule has 2 aromatic rings. The first kappa shape index (κ1) is 17.3. The van der Waals surface area contributed by atoms with Crippen molar-refractivity contribution in [1.82, 2.24) is 15.6 Å². The van der Waals surface area contributed by atoms with E-state index in [-0.39, 0.29) is 0 Å². The van der Waals surface area contributed by atoms with E-state index < -0.39 is 0 Å². The lowest BCUT2D eigenvalue weighted by molar-refractivity contribution is 0.322.